The van der Waals surface area contributed by atoms with E-state index < -0.39 is 0 Å². The van der Waals surface area contributed by atoms with Crippen molar-refractivity contribution in [1.82, 2.24) is 24.7 Å². The summed E-state index contributed by atoms with van der Waals surface area (Å²) in [5, 5.41) is 5.55. The normalized spacial score (nSPS) is 14.1. The largest absolute Gasteiger partial charge is 0.379 e. The average molecular weight is 514 g/mol. The average Bonchev–Trinajstić information content (AvgIpc) is 3.54. The van der Waals surface area contributed by atoms with Crippen LogP contribution in [0.1, 0.15) is 44.9 Å². The van der Waals surface area contributed by atoms with Crippen molar-refractivity contribution >= 4 is 23.2 Å². The monoisotopic (exact) mass is 513 g/mol. The third-order valence-electron chi connectivity index (χ3n) is 6.06. The van der Waals surface area contributed by atoms with Crippen molar-refractivity contribution in [3.05, 3.63) is 75.8 Å². The van der Waals surface area contributed by atoms with Crippen LogP contribution in [0.2, 0.25) is 0 Å². The number of rotatable bonds is 11. The molecule has 0 spiro atoms. The van der Waals surface area contributed by atoms with E-state index in [4.69, 9.17) is 4.74 Å². The van der Waals surface area contributed by atoms with Gasteiger partial charge in [0.2, 0.25) is 0 Å². The maximum Gasteiger partial charge on any atom is 0.270 e. The standard InChI is InChI=1S/C26H32FN5O3S/c1-2-10-32(26(34)20-5-7-21(27)8-6-20)17-22-4-3-11-31(22)18-24-29-23(19-36-24)25(33)28-9-12-30-13-15-35-16-14-30/h3-8,11,19H,2,9-10,12-18H2,1H3,(H,28,33). The highest BCUT2D eigenvalue weighted by Crippen LogP contribution is 2.16. The van der Waals surface area contributed by atoms with E-state index in [1.807, 2.05) is 29.8 Å². The summed E-state index contributed by atoms with van der Waals surface area (Å²) in [5.41, 5.74) is 1.85. The van der Waals surface area contributed by atoms with Crippen molar-refractivity contribution in [2.45, 2.75) is 26.4 Å². The number of amides is 2. The first-order valence-electron chi connectivity index (χ1n) is 12.2. The smallest absolute Gasteiger partial charge is 0.270 e. The van der Waals surface area contributed by atoms with Gasteiger partial charge < -0.3 is 19.5 Å². The highest BCUT2D eigenvalue weighted by molar-refractivity contribution is 7.09. The minimum atomic E-state index is -0.365. The van der Waals surface area contributed by atoms with Crippen LogP contribution in [0.15, 0.2) is 48.0 Å². The molecule has 192 valence electrons. The maximum atomic E-state index is 13.3. The van der Waals surface area contributed by atoms with E-state index >= 15 is 0 Å². The summed E-state index contributed by atoms with van der Waals surface area (Å²) < 4.78 is 20.7. The SMILES string of the molecule is CCCN(Cc1cccn1Cc1nc(C(=O)NCCN2CCOCC2)cs1)C(=O)c1ccc(F)cc1. The summed E-state index contributed by atoms with van der Waals surface area (Å²) in [5.74, 6) is -0.663. The van der Waals surface area contributed by atoms with Crippen LogP contribution in [0.4, 0.5) is 4.39 Å². The molecule has 0 radical (unpaired) electrons. The Morgan fingerprint density at radius 3 is 2.72 bits per heavy atom. The van der Waals surface area contributed by atoms with Crippen LogP contribution in [-0.2, 0) is 17.8 Å². The molecule has 10 heteroatoms. The number of carbonyl (C=O) groups excluding carboxylic acids is 2. The number of nitrogens with zero attached hydrogens (tertiary/aromatic N) is 4. The lowest BCUT2D eigenvalue weighted by atomic mass is 10.2. The number of hydrogen-bond acceptors (Lipinski definition) is 6. The first-order valence-corrected chi connectivity index (χ1v) is 13.1. The molecule has 4 rings (SSSR count). The number of morpholine rings is 1. The number of benzene rings is 1. The fourth-order valence-corrected chi connectivity index (χ4v) is 4.89. The van der Waals surface area contributed by atoms with Crippen LogP contribution >= 0.6 is 11.3 Å². The lowest BCUT2D eigenvalue weighted by Crippen LogP contribution is -2.41. The van der Waals surface area contributed by atoms with Crippen molar-refractivity contribution in [2.24, 2.45) is 0 Å². The van der Waals surface area contributed by atoms with Crippen molar-refractivity contribution < 1.29 is 18.7 Å². The molecule has 0 bridgehead atoms. The molecule has 1 saturated heterocycles. The summed E-state index contributed by atoms with van der Waals surface area (Å²) in [7, 11) is 0. The van der Waals surface area contributed by atoms with Crippen LogP contribution in [-0.4, -0.2) is 77.1 Å². The molecule has 0 saturated carbocycles. The van der Waals surface area contributed by atoms with Crippen LogP contribution in [0, 0.1) is 5.82 Å². The van der Waals surface area contributed by atoms with E-state index in [1.54, 1.807) is 10.3 Å². The number of halogens is 1. The highest BCUT2D eigenvalue weighted by atomic mass is 32.1. The Morgan fingerprint density at radius 2 is 1.97 bits per heavy atom. The minimum Gasteiger partial charge on any atom is -0.379 e. The number of ether oxygens (including phenoxy) is 1. The van der Waals surface area contributed by atoms with Gasteiger partial charge in [0, 0.05) is 55.6 Å². The zero-order chi connectivity index (χ0) is 25.3. The Labute approximate surface area is 214 Å². The molecular formula is C26H32FN5O3S. The van der Waals surface area contributed by atoms with Gasteiger partial charge in [0.1, 0.15) is 16.5 Å². The van der Waals surface area contributed by atoms with Gasteiger partial charge in [-0.1, -0.05) is 6.92 Å². The van der Waals surface area contributed by atoms with Gasteiger partial charge in [-0.25, -0.2) is 9.37 Å². The topological polar surface area (TPSA) is 79.7 Å². The maximum absolute atomic E-state index is 13.3. The molecule has 36 heavy (non-hydrogen) atoms. The Bertz CT molecular complexity index is 1140. The minimum absolute atomic E-state index is 0.130. The first-order chi connectivity index (χ1) is 17.5. The fraction of sp³-hybridized carbons (Fsp3) is 0.423. The van der Waals surface area contributed by atoms with Gasteiger partial charge in [-0.2, -0.15) is 0 Å². The Balaban J connectivity index is 1.34. The van der Waals surface area contributed by atoms with Crippen molar-refractivity contribution in [3.8, 4) is 0 Å². The van der Waals surface area contributed by atoms with Crippen molar-refractivity contribution in [3.63, 3.8) is 0 Å². The molecule has 1 aliphatic heterocycles. The summed E-state index contributed by atoms with van der Waals surface area (Å²) in [6, 6.07) is 9.56. The number of nitrogens with one attached hydrogen (secondary N) is 1. The number of carbonyl (C=O) groups is 2. The quantitative estimate of drug-likeness (QED) is 0.426. The second-order valence-electron chi connectivity index (χ2n) is 8.70. The predicted octanol–water partition coefficient (Wildman–Crippen LogP) is 3.25. The van der Waals surface area contributed by atoms with Crippen LogP contribution in [0.25, 0.3) is 0 Å². The third-order valence-corrected chi connectivity index (χ3v) is 6.89. The van der Waals surface area contributed by atoms with Crippen molar-refractivity contribution in [2.75, 3.05) is 45.9 Å². The molecule has 3 aromatic rings. The molecule has 0 atom stereocenters. The fourth-order valence-electron chi connectivity index (χ4n) is 4.12. The number of aromatic nitrogens is 2. The first kappa shape index (κ1) is 26.0. The zero-order valence-electron chi connectivity index (χ0n) is 20.5. The van der Waals surface area contributed by atoms with E-state index in [-0.39, 0.29) is 17.6 Å². The highest BCUT2D eigenvalue weighted by Gasteiger charge is 2.18. The van der Waals surface area contributed by atoms with E-state index in [9.17, 15) is 14.0 Å². The summed E-state index contributed by atoms with van der Waals surface area (Å²) in [4.78, 5) is 34.1. The Hall–Kier alpha value is -3.08. The Morgan fingerprint density at radius 1 is 1.19 bits per heavy atom. The molecule has 3 heterocycles. The van der Waals surface area contributed by atoms with Gasteiger partial charge in [0.15, 0.2) is 0 Å². The second-order valence-corrected chi connectivity index (χ2v) is 9.64. The summed E-state index contributed by atoms with van der Waals surface area (Å²) in [6.07, 6.45) is 2.76. The predicted molar refractivity (Wildman–Crippen MR) is 137 cm³/mol. The Kier molecular flexibility index (Phi) is 9.21. The van der Waals surface area contributed by atoms with Crippen LogP contribution < -0.4 is 5.32 Å². The lowest BCUT2D eigenvalue weighted by molar-refractivity contribution is 0.0383. The molecule has 1 fully saturated rings. The molecule has 8 nitrogen and oxygen atoms in total. The lowest BCUT2D eigenvalue weighted by Gasteiger charge is -2.26. The molecule has 1 aromatic carbocycles. The molecule has 0 unspecified atom stereocenters. The van der Waals surface area contributed by atoms with E-state index in [2.05, 4.69) is 15.2 Å². The van der Waals surface area contributed by atoms with Gasteiger partial charge in [0.05, 0.1) is 26.3 Å². The van der Waals surface area contributed by atoms with Gasteiger partial charge in [-0.15, -0.1) is 11.3 Å². The summed E-state index contributed by atoms with van der Waals surface area (Å²) in [6.45, 7) is 8.17. The van der Waals surface area contributed by atoms with Crippen LogP contribution in [0.3, 0.4) is 0 Å². The van der Waals surface area contributed by atoms with Crippen molar-refractivity contribution in [1.29, 1.82) is 0 Å². The van der Waals surface area contributed by atoms with E-state index in [0.717, 1.165) is 50.0 Å². The van der Waals surface area contributed by atoms with E-state index in [0.29, 0.717) is 37.4 Å². The molecule has 2 aromatic heterocycles. The van der Waals surface area contributed by atoms with Gasteiger partial charge >= 0.3 is 0 Å². The van der Waals surface area contributed by atoms with E-state index in [1.165, 1.54) is 35.6 Å². The molecular weight excluding hydrogens is 481 g/mol. The summed E-state index contributed by atoms with van der Waals surface area (Å²) >= 11 is 1.44. The van der Waals surface area contributed by atoms with Gasteiger partial charge in [-0.05, 0) is 42.8 Å². The van der Waals surface area contributed by atoms with Gasteiger partial charge in [-0.3, -0.25) is 14.5 Å². The third kappa shape index (κ3) is 6.99. The number of thiazole rings is 1. The molecule has 1 N–H and O–H groups in total. The number of hydrogen-bond donors (Lipinski definition) is 1. The molecule has 2 amide bonds. The second kappa shape index (κ2) is 12.8. The molecule has 0 aliphatic carbocycles. The van der Waals surface area contributed by atoms with Crippen LogP contribution in [0.5, 0.6) is 0 Å². The zero-order valence-corrected chi connectivity index (χ0v) is 21.3. The van der Waals surface area contributed by atoms with Gasteiger partial charge in [0.25, 0.3) is 11.8 Å². The molecule has 1 aliphatic rings.